The van der Waals surface area contributed by atoms with Gasteiger partial charge in [0.05, 0.1) is 5.00 Å². The van der Waals surface area contributed by atoms with Gasteiger partial charge in [-0.15, -0.1) is 11.3 Å². The Morgan fingerprint density at radius 2 is 2.13 bits per heavy atom. The molecule has 0 saturated carbocycles. The lowest BCUT2D eigenvalue weighted by atomic mass is 10.4. The Bertz CT molecular complexity index is 311. The first-order valence-electron chi connectivity index (χ1n) is 4.48. The van der Waals surface area contributed by atoms with Crippen LogP contribution in [-0.2, 0) is 0 Å². The third kappa shape index (κ3) is 4.42. The Hall–Kier alpha value is -0.230. The highest BCUT2D eigenvalue weighted by Gasteiger charge is 2.31. The maximum atomic E-state index is 12.3. The summed E-state index contributed by atoms with van der Waals surface area (Å²) in [6.45, 7) is 1.41. The van der Waals surface area contributed by atoms with Crippen molar-refractivity contribution in [2.45, 2.75) is 19.5 Å². The molecule has 0 spiro atoms. The minimum Gasteiger partial charge on any atom is -0.354 e. The van der Waals surface area contributed by atoms with Crippen LogP contribution in [0.25, 0.3) is 0 Å². The monoisotopic (exact) mass is 301 g/mol. The van der Waals surface area contributed by atoms with Crippen LogP contribution >= 0.6 is 27.3 Å². The van der Waals surface area contributed by atoms with E-state index in [4.69, 9.17) is 0 Å². The zero-order chi connectivity index (χ0) is 11.5. The van der Waals surface area contributed by atoms with E-state index in [1.807, 2.05) is 6.92 Å². The summed E-state index contributed by atoms with van der Waals surface area (Å²) in [5.41, 5.74) is 0. The van der Waals surface area contributed by atoms with E-state index in [-0.39, 0.29) is 0 Å². The Labute approximate surface area is 99.0 Å². The molecule has 0 bridgehead atoms. The van der Waals surface area contributed by atoms with E-state index in [0.717, 1.165) is 4.47 Å². The number of halogens is 4. The van der Waals surface area contributed by atoms with Crippen LogP contribution in [-0.4, -0.2) is 19.3 Å². The molecule has 0 radical (unpaired) electrons. The Morgan fingerprint density at radius 3 is 2.53 bits per heavy atom. The van der Waals surface area contributed by atoms with Gasteiger partial charge in [0.2, 0.25) is 0 Å². The highest BCUT2D eigenvalue weighted by molar-refractivity contribution is 9.10. The molecule has 1 aromatic heterocycles. The Morgan fingerprint density at radius 1 is 1.47 bits per heavy atom. The van der Waals surface area contributed by atoms with Crippen LogP contribution < -0.4 is 4.90 Å². The van der Waals surface area contributed by atoms with Gasteiger partial charge in [0.25, 0.3) is 0 Å². The van der Waals surface area contributed by atoms with E-state index in [9.17, 15) is 13.2 Å². The molecular weight excluding hydrogens is 291 g/mol. The van der Waals surface area contributed by atoms with Gasteiger partial charge in [0.15, 0.2) is 0 Å². The lowest BCUT2D eigenvalue weighted by Gasteiger charge is -2.23. The average Bonchev–Trinajstić information content (AvgIpc) is 2.48. The molecule has 15 heavy (non-hydrogen) atoms. The number of alkyl halides is 3. The number of hydrogen-bond acceptors (Lipinski definition) is 2. The van der Waals surface area contributed by atoms with E-state index < -0.39 is 12.7 Å². The summed E-state index contributed by atoms with van der Waals surface area (Å²) in [4.78, 5) is 1.36. The first-order valence-corrected chi connectivity index (χ1v) is 6.15. The molecule has 0 aliphatic rings. The minimum atomic E-state index is -4.15. The molecule has 1 rings (SSSR count). The van der Waals surface area contributed by atoms with Crippen molar-refractivity contribution in [1.82, 2.24) is 0 Å². The predicted molar refractivity (Wildman–Crippen MR) is 60.6 cm³/mol. The summed E-state index contributed by atoms with van der Waals surface area (Å²) in [5, 5.41) is 2.44. The first kappa shape index (κ1) is 12.8. The number of anilines is 1. The van der Waals surface area contributed by atoms with Crippen molar-refractivity contribution in [2.75, 3.05) is 18.0 Å². The number of hydrogen-bond donors (Lipinski definition) is 0. The second-order valence-electron chi connectivity index (χ2n) is 3.14. The highest BCUT2D eigenvalue weighted by Crippen LogP contribution is 2.30. The van der Waals surface area contributed by atoms with E-state index in [1.165, 1.54) is 16.2 Å². The third-order valence-electron chi connectivity index (χ3n) is 1.73. The molecule has 0 N–H and O–H groups in total. The molecule has 1 nitrogen and oxygen atoms in total. The third-order valence-corrected chi connectivity index (χ3v) is 3.48. The lowest BCUT2D eigenvalue weighted by Crippen LogP contribution is -2.34. The summed E-state index contributed by atoms with van der Waals surface area (Å²) in [6, 6.07) is 1.71. The fraction of sp³-hybridized carbons (Fsp3) is 0.556. The van der Waals surface area contributed by atoms with Crippen LogP contribution in [0.5, 0.6) is 0 Å². The maximum Gasteiger partial charge on any atom is 0.405 e. The van der Waals surface area contributed by atoms with Crippen molar-refractivity contribution in [3.05, 3.63) is 15.9 Å². The van der Waals surface area contributed by atoms with Gasteiger partial charge >= 0.3 is 6.18 Å². The number of rotatable bonds is 4. The van der Waals surface area contributed by atoms with Gasteiger partial charge in [0, 0.05) is 16.4 Å². The molecular formula is C9H11BrF3NS. The second-order valence-corrected chi connectivity index (χ2v) is 4.95. The summed E-state index contributed by atoms with van der Waals surface area (Å²) in [7, 11) is 0. The van der Waals surface area contributed by atoms with Crippen LogP contribution in [0, 0.1) is 0 Å². The van der Waals surface area contributed by atoms with Gasteiger partial charge in [-0.2, -0.15) is 13.2 Å². The van der Waals surface area contributed by atoms with Crippen LogP contribution in [0.15, 0.2) is 15.9 Å². The first-order chi connectivity index (χ1) is 6.92. The lowest BCUT2D eigenvalue weighted by molar-refractivity contribution is -0.119. The molecule has 0 saturated heterocycles. The molecule has 0 aliphatic heterocycles. The van der Waals surface area contributed by atoms with Crippen molar-refractivity contribution in [1.29, 1.82) is 0 Å². The van der Waals surface area contributed by atoms with Crippen molar-refractivity contribution in [2.24, 2.45) is 0 Å². The fourth-order valence-electron chi connectivity index (χ4n) is 1.22. The van der Waals surface area contributed by atoms with Gasteiger partial charge < -0.3 is 4.90 Å². The molecule has 6 heteroatoms. The smallest absolute Gasteiger partial charge is 0.354 e. The average molecular weight is 302 g/mol. The summed E-state index contributed by atoms with van der Waals surface area (Å²) in [5.74, 6) is 0. The fourth-order valence-corrected chi connectivity index (χ4v) is 2.67. The standard InChI is InChI=1S/C9H11BrF3NS/c1-2-3-14(6-9(11,12)13)8-4-7(10)5-15-8/h4-5H,2-3,6H2,1H3. The van der Waals surface area contributed by atoms with Gasteiger partial charge in [-0.25, -0.2) is 0 Å². The molecule has 0 atom stereocenters. The normalized spacial score (nSPS) is 11.8. The van der Waals surface area contributed by atoms with Gasteiger partial charge in [-0.3, -0.25) is 0 Å². The molecule has 1 heterocycles. The van der Waals surface area contributed by atoms with Gasteiger partial charge in [-0.1, -0.05) is 6.92 Å². The van der Waals surface area contributed by atoms with Gasteiger partial charge in [-0.05, 0) is 28.4 Å². The Balaban J connectivity index is 2.74. The zero-order valence-electron chi connectivity index (χ0n) is 8.14. The number of nitrogens with zero attached hydrogens (tertiary/aromatic N) is 1. The van der Waals surface area contributed by atoms with E-state index in [0.29, 0.717) is 18.0 Å². The molecule has 0 aromatic carbocycles. The topological polar surface area (TPSA) is 3.24 Å². The van der Waals surface area contributed by atoms with Crippen molar-refractivity contribution in [3.63, 3.8) is 0 Å². The SMILES string of the molecule is CCCN(CC(F)(F)F)c1cc(Br)cs1. The van der Waals surface area contributed by atoms with Crippen LogP contribution in [0.2, 0.25) is 0 Å². The summed E-state index contributed by atoms with van der Waals surface area (Å²) < 4.78 is 37.6. The molecule has 0 unspecified atom stereocenters. The highest BCUT2D eigenvalue weighted by atomic mass is 79.9. The van der Waals surface area contributed by atoms with Gasteiger partial charge in [0.1, 0.15) is 6.54 Å². The summed E-state index contributed by atoms with van der Waals surface area (Å²) in [6.07, 6.45) is -3.45. The van der Waals surface area contributed by atoms with E-state index in [2.05, 4.69) is 15.9 Å². The quantitative estimate of drug-likeness (QED) is 0.802. The maximum absolute atomic E-state index is 12.3. The summed E-state index contributed by atoms with van der Waals surface area (Å²) >= 11 is 4.55. The minimum absolute atomic E-state index is 0.423. The van der Waals surface area contributed by atoms with Crippen molar-refractivity contribution < 1.29 is 13.2 Å². The zero-order valence-corrected chi connectivity index (χ0v) is 10.5. The van der Waals surface area contributed by atoms with Crippen LogP contribution in [0.4, 0.5) is 18.2 Å². The van der Waals surface area contributed by atoms with Crippen LogP contribution in [0.3, 0.4) is 0 Å². The molecule has 1 aromatic rings. The number of thiophene rings is 1. The van der Waals surface area contributed by atoms with E-state index >= 15 is 0 Å². The molecule has 0 aliphatic carbocycles. The second kappa shape index (κ2) is 5.21. The van der Waals surface area contributed by atoms with E-state index in [1.54, 1.807) is 11.4 Å². The van der Waals surface area contributed by atoms with Crippen molar-refractivity contribution >= 4 is 32.3 Å². The van der Waals surface area contributed by atoms with Crippen molar-refractivity contribution in [3.8, 4) is 0 Å². The molecule has 0 fully saturated rings. The molecule has 86 valence electrons. The van der Waals surface area contributed by atoms with Crippen LogP contribution in [0.1, 0.15) is 13.3 Å². The largest absolute Gasteiger partial charge is 0.405 e. The molecule has 0 amide bonds. The Kier molecular flexibility index (Phi) is 4.45. The predicted octanol–water partition coefficient (Wildman–Crippen LogP) is 4.29.